The lowest BCUT2D eigenvalue weighted by Gasteiger charge is -2.12. The van der Waals surface area contributed by atoms with Gasteiger partial charge in [0.15, 0.2) is 0 Å². The Labute approximate surface area is 218 Å². The number of nitrogens with zero attached hydrogens (tertiary/aromatic N) is 1. The molecule has 1 aliphatic rings. The first-order chi connectivity index (χ1) is 17.2. The van der Waals surface area contributed by atoms with E-state index in [9.17, 15) is 23.6 Å². The molecular formula is C24H15Cl2FN2O6S. The highest BCUT2D eigenvalue weighted by Crippen LogP contribution is 2.34. The standard InChI is InChI=1S/C24H15Cl2FN2O6S/c1-34-23(32)15-8-12(2-5-16(15)25)19-7-4-14(35-19)10-20-22(31)29(24(33)36-20)11-21(30)28-13-3-6-18(27)17(26)9-13/h2-10H,11H2,1H3,(H,28,30)/b20-10+. The number of amides is 3. The minimum absolute atomic E-state index is 0.0601. The number of methoxy groups -OCH3 is 1. The van der Waals surface area contributed by atoms with E-state index in [0.717, 1.165) is 11.0 Å². The summed E-state index contributed by atoms with van der Waals surface area (Å²) >= 11 is 12.4. The Morgan fingerprint density at radius 2 is 1.89 bits per heavy atom. The second-order valence-electron chi connectivity index (χ2n) is 7.33. The van der Waals surface area contributed by atoms with Crippen LogP contribution in [-0.2, 0) is 14.3 Å². The zero-order chi connectivity index (χ0) is 26.0. The van der Waals surface area contributed by atoms with Gasteiger partial charge < -0.3 is 14.5 Å². The Kier molecular flexibility index (Phi) is 7.48. The van der Waals surface area contributed by atoms with Crippen molar-refractivity contribution in [2.24, 2.45) is 0 Å². The van der Waals surface area contributed by atoms with Gasteiger partial charge >= 0.3 is 5.97 Å². The molecule has 1 fully saturated rings. The van der Waals surface area contributed by atoms with Crippen molar-refractivity contribution in [3.05, 3.63) is 80.6 Å². The van der Waals surface area contributed by atoms with Gasteiger partial charge in [0, 0.05) is 17.3 Å². The van der Waals surface area contributed by atoms with Crippen LogP contribution in [0.4, 0.5) is 14.9 Å². The number of anilines is 1. The van der Waals surface area contributed by atoms with Gasteiger partial charge in [0.2, 0.25) is 5.91 Å². The van der Waals surface area contributed by atoms with Crippen LogP contribution in [0.5, 0.6) is 0 Å². The average Bonchev–Trinajstić information content (AvgIpc) is 3.41. The third-order valence-corrected chi connectivity index (χ3v) is 6.46. The van der Waals surface area contributed by atoms with Crippen LogP contribution in [-0.4, -0.2) is 41.6 Å². The summed E-state index contributed by atoms with van der Waals surface area (Å²) in [7, 11) is 1.24. The van der Waals surface area contributed by atoms with E-state index in [1.54, 1.807) is 18.2 Å². The molecule has 8 nitrogen and oxygen atoms in total. The fourth-order valence-electron chi connectivity index (χ4n) is 3.21. The SMILES string of the molecule is COC(=O)c1cc(-c2ccc(/C=C3/SC(=O)N(CC(=O)Nc4ccc(F)c(Cl)c4)C3=O)o2)ccc1Cl. The molecule has 3 aromatic rings. The molecular weight excluding hydrogens is 534 g/mol. The van der Waals surface area contributed by atoms with Crippen molar-refractivity contribution in [3.8, 4) is 11.3 Å². The first kappa shape index (κ1) is 25.5. The largest absolute Gasteiger partial charge is 0.465 e. The molecule has 0 saturated carbocycles. The molecule has 0 bridgehead atoms. The fourth-order valence-corrected chi connectivity index (χ4v) is 4.41. The normalized spacial score (nSPS) is 14.4. The van der Waals surface area contributed by atoms with E-state index in [1.165, 1.54) is 37.5 Å². The van der Waals surface area contributed by atoms with Crippen LogP contribution in [0.1, 0.15) is 16.1 Å². The molecule has 1 saturated heterocycles. The predicted molar refractivity (Wildman–Crippen MR) is 133 cm³/mol. The number of imide groups is 1. The van der Waals surface area contributed by atoms with Gasteiger partial charge in [-0.1, -0.05) is 23.2 Å². The summed E-state index contributed by atoms with van der Waals surface area (Å²) in [4.78, 5) is 50.1. The average molecular weight is 549 g/mol. The summed E-state index contributed by atoms with van der Waals surface area (Å²) in [6.45, 7) is -0.540. The van der Waals surface area contributed by atoms with E-state index in [2.05, 4.69) is 5.32 Å². The molecule has 184 valence electrons. The maximum atomic E-state index is 13.3. The van der Waals surface area contributed by atoms with Gasteiger partial charge in [-0.15, -0.1) is 0 Å². The lowest BCUT2D eigenvalue weighted by atomic mass is 10.1. The van der Waals surface area contributed by atoms with Crippen molar-refractivity contribution >= 4 is 69.8 Å². The molecule has 2 aromatic carbocycles. The Morgan fingerprint density at radius 1 is 1.11 bits per heavy atom. The monoisotopic (exact) mass is 548 g/mol. The molecule has 2 heterocycles. The first-order valence-corrected chi connectivity index (χ1v) is 11.7. The summed E-state index contributed by atoms with van der Waals surface area (Å²) in [5.41, 5.74) is 0.927. The number of rotatable bonds is 6. The zero-order valence-corrected chi connectivity index (χ0v) is 20.7. The lowest BCUT2D eigenvalue weighted by Crippen LogP contribution is -2.36. The smallest absolute Gasteiger partial charge is 0.339 e. The van der Waals surface area contributed by atoms with E-state index in [1.807, 2.05) is 0 Å². The number of furan rings is 1. The molecule has 12 heteroatoms. The van der Waals surface area contributed by atoms with E-state index in [-0.39, 0.29) is 32.0 Å². The Bertz CT molecular complexity index is 1440. The van der Waals surface area contributed by atoms with Crippen LogP contribution in [0.15, 0.2) is 57.9 Å². The molecule has 1 N–H and O–H groups in total. The third-order valence-electron chi connectivity index (χ3n) is 4.93. The van der Waals surface area contributed by atoms with Crippen molar-refractivity contribution < 1.29 is 32.7 Å². The number of nitrogens with one attached hydrogen (secondary N) is 1. The molecule has 4 rings (SSSR count). The highest BCUT2D eigenvalue weighted by molar-refractivity contribution is 8.18. The van der Waals surface area contributed by atoms with Crippen molar-refractivity contribution in [2.75, 3.05) is 19.0 Å². The number of carbonyl (C=O) groups excluding carboxylic acids is 4. The Hall–Kier alpha value is -3.60. The number of halogens is 3. The minimum atomic E-state index is -0.672. The van der Waals surface area contributed by atoms with E-state index in [4.69, 9.17) is 32.4 Å². The number of carbonyl (C=O) groups is 4. The molecule has 0 unspecified atom stereocenters. The maximum absolute atomic E-state index is 13.3. The number of benzene rings is 2. The predicted octanol–water partition coefficient (Wildman–Crippen LogP) is 5.85. The molecule has 0 spiro atoms. The second kappa shape index (κ2) is 10.6. The molecule has 1 aromatic heterocycles. The van der Waals surface area contributed by atoms with Crippen LogP contribution in [0.25, 0.3) is 17.4 Å². The molecule has 1 aliphatic heterocycles. The lowest BCUT2D eigenvalue weighted by molar-refractivity contribution is -0.127. The van der Waals surface area contributed by atoms with Crippen LogP contribution in [0.3, 0.4) is 0 Å². The van der Waals surface area contributed by atoms with Crippen LogP contribution in [0.2, 0.25) is 10.0 Å². The van der Waals surface area contributed by atoms with E-state index in [0.29, 0.717) is 23.1 Å². The van der Waals surface area contributed by atoms with Crippen LogP contribution in [0, 0.1) is 5.82 Å². The van der Waals surface area contributed by atoms with Gasteiger partial charge in [-0.25, -0.2) is 9.18 Å². The van der Waals surface area contributed by atoms with Gasteiger partial charge in [0.1, 0.15) is 23.9 Å². The Balaban J connectivity index is 1.47. The summed E-state index contributed by atoms with van der Waals surface area (Å²) in [5, 5.41) is 1.86. The topological polar surface area (TPSA) is 106 Å². The summed E-state index contributed by atoms with van der Waals surface area (Å²) in [5.74, 6) is -1.92. The number of hydrogen-bond donors (Lipinski definition) is 1. The van der Waals surface area contributed by atoms with Crippen LogP contribution < -0.4 is 5.32 Å². The van der Waals surface area contributed by atoms with Gasteiger partial charge in [0.25, 0.3) is 11.1 Å². The number of esters is 1. The molecule has 0 radical (unpaired) electrons. The van der Waals surface area contributed by atoms with Crippen molar-refractivity contribution in [3.63, 3.8) is 0 Å². The van der Waals surface area contributed by atoms with Gasteiger partial charge in [-0.2, -0.15) is 0 Å². The van der Waals surface area contributed by atoms with Crippen molar-refractivity contribution in [1.82, 2.24) is 4.90 Å². The number of thioether (sulfide) groups is 1. The van der Waals surface area contributed by atoms with Gasteiger partial charge in [0.05, 0.1) is 27.6 Å². The summed E-state index contributed by atoms with van der Waals surface area (Å²) < 4.78 is 23.7. The van der Waals surface area contributed by atoms with Crippen LogP contribution >= 0.6 is 35.0 Å². The second-order valence-corrected chi connectivity index (χ2v) is 9.14. The highest BCUT2D eigenvalue weighted by Gasteiger charge is 2.36. The minimum Gasteiger partial charge on any atom is -0.465 e. The van der Waals surface area contributed by atoms with Crippen molar-refractivity contribution in [1.29, 1.82) is 0 Å². The van der Waals surface area contributed by atoms with Gasteiger partial charge in [-0.3, -0.25) is 19.3 Å². The molecule has 3 amide bonds. The van der Waals surface area contributed by atoms with E-state index < -0.39 is 35.4 Å². The molecule has 0 aliphatic carbocycles. The number of ether oxygens (including phenoxy) is 1. The van der Waals surface area contributed by atoms with E-state index >= 15 is 0 Å². The quantitative estimate of drug-likeness (QED) is 0.304. The third kappa shape index (κ3) is 5.46. The maximum Gasteiger partial charge on any atom is 0.339 e. The van der Waals surface area contributed by atoms with Gasteiger partial charge in [-0.05, 0) is 60.3 Å². The first-order valence-electron chi connectivity index (χ1n) is 10.1. The fraction of sp³-hybridized carbons (Fsp3) is 0.0833. The summed E-state index contributed by atoms with van der Waals surface area (Å²) in [6.07, 6.45) is 1.38. The Morgan fingerprint density at radius 3 is 2.61 bits per heavy atom. The zero-order valence-electron chi connectivity index (χ0n) is 18.3. The summed E-state index contributed by atoms with van der Waals surface area (Å²) in [6, 6.07) is 11.5. The highest BCUT2D eigenvalue weighted by atomic mass is 35.5. The number of hydrogen-bond acceptors (Lipinski definition) is 7. The molecule has 36 heavy (non-hydrogen) atoms. The van der Waals surface area contributed by atoms with Crippen molar-refractivity contribution in [2.45, 2.75) is 0 Å². The molecule has 0 atom stereocenters.